The van der Waals surface area contributed by atoms with E-state index >= 15 is 0 Å². The second-order valence-electron chi connectivity index (χ2n) is 4.57. The Morgan fingerprint density at radius 1 is 1.11 bits per heavy atom. The summed E-state index contributed by atoms with van der Waals surface area (Å²) >= 11 is 3.53. The molecule has 90 valence electrons. The van der Waals surface area contributed by atoms with Crippen LogP contribution in [0.1, 0.15) is 11.1 Å². The van der Waals surface area contributed by atoms with E-state index < -0.39 is 0 Å². The van der Waals surface area contributed by atoms with Gasteiger partial charge < -0.3 is 4.98 Å². The number of nitrogens with zero attached hydrogens (tertiary/aromatic N) is 1. The summed E-state index contributed by atoms with van der Waals surface area (Å²) in [5.41, 5.74) is 5.66. The summed E-state index contributed by atoms with van der Waals surface area (Å²) in [6.07, 6.45) is 0. The van der Waals surface area contributed by atoms with E-state index in [1.54, 1.807) is 0 Å². The third kappa shape index (κ3) is 1.95. The van der Waals surface area contributed by atoms with Gasteiger partial charge in [0.05, 0.1) is 11.0 Å². The van der Waals surface area contributed by atoms with Gasteiger partial charge in [0.15, 0.2) is 0 Å². The minimum Gasteiger partial charge on any atom is -0.338 e. The summed E-state index contributed by atoms with van der Waals surface area (Å²) in [5, 5.41) is 0. The zero-order chi connectivity index (χ0) is 12.7. The van der Waals surface area contributed by atoms with Gasteiger partial charge in [-0.3, -0.25) is 0 Å². The Hall–Kier alpha value is -1.61. The van der Waals surface area contributed by atoms with Crippen molar-refractivity contribution in [1.82, 2.24) is 9.97 Å². The molecule has 3 aromatic rings. The Morgan fingerprint density at radius 2 is 1.94 bits per heavy atom. The maximum absolute atomic E-state index is 4.69. The molecule has 1 heterocycles. The number of nitrogens with one attached hydrogen (secondary N) is 1. The number of H-pyrrole nitrogens is 1. The highest BCUT2D eigenvalue weighted by Crippen LogP contribution is 2.26. The molecular formula is C15H13BrN2. The monoisotopic (exact) mass is 300 g/mol. The van der Waals surface area contributed by atoms with Crippen molar-refractivity contribution in [3.8, 4) is 11.4 Å². The fourth-order valence-electron chi connectivity index (χ4n) is 2.19. The highest BCUT2D eigenvalue weighted by atomic mass is 79.9. The molecule has 0 amide bonds. The van der Waals surface area contributed by atoms with E-state index in [9.17, 15) is 0 Å². The van der Waals surface area contributed by atoms with E-state index in [2.05, 4.69) is 70.1 Å². The van der Waals surface area contributed by atoms with Crippen molar-refractivity contribution in [2.75, 3.05) is 0 Å². The molecule has 18 heavy (non-hydrogen) atoms. The van der Waals surface area contributed by atoms with E-state index in [4.69, 9.17) is 0 Å². The molecule has 0 spiro atoms. The number of hydrogen-bond donors (Lipinski definition) is 1. The predicted octanol–water partition coefficient (Wildman–Crippen LogP) is 4.61. The van der Waals surface area contributed by atoms with Crippen molar-refractivity contribution in [2.24, 2.45) is 0 Å². The maximum atomic E-state index is 4.69. The average molecular weight is 301 g/mol. The number of aryl methyl sites for hydroxylation is 2. The summed E-state index contributed by atoms with van der Waals surface area (Å²) in [6, 6.07) is 12.5. The average Bonchev–Trinajstić information content (AvgIpc) is 2.73. The van der Waals surface area contributed by atoms with E-state index in [0.29, 0.717) is 0 Å². The number of halogens is 1. The van der Waals surface area contributed by atoms with Crippen LogP contribution in [-0.2, 0) is 0 Å². The molecule has 0 unspecified atom stereocenters. The molecule has 0 aliphatic carbocycles. The van der Waals surface area contributed by atoms with Gasteiger partial charge in [0, 0.05) is 10.0 Å². The fourth-order valence-corrected chi connectivity index (χ4v) is 2.79. The molecule has 0 bridgehead atoms. The number of imidazole rings is 1. The lowest BCUT2D eigenvalue weighted by Crippen LogP contribution is -1.82. The van der Waals surface area contributed by atoms with Crippen LogP contribution in [0.2, 0.25) is 0 Å². The normalized spacial score (nSPS) is 11.1. The molecule has 0 radical (unpaired) electrons. The lowest BCUT2D eigenvalue weighted by molar-refractivity contribution is 1.31. The lowest BCUT2D eigenvalue weighted by atomic mass is 10.1. The van der Waals surface area contributed by atoms with Crippen LogP contribution in [0, 0.1) is 13.8 Å². The number of rotatable bonds is 1. The number of fused-ring (bicyclic) bond motifs is 1. The molecule has 2 aromatic carbocycles. The van der Waals surface area contributed by atoms with Crippen LogP contribution in [0.25, 0.3) is 22.4 Å². The third-order valence-electron chi connectivity index (χ3n) is 3.03. The van der Waals surface area contributed by atoms with Crippen molar-refractivity contribution in [3.05, 3.63) is 52.0 Å². The van der Waals surface area contributed by atoms with Crippen LogP contribution in [0.4, 0.5) is 0 Å². The van der Waals surface area contributed by atoms with Crippen molar-refractivity contribution in [1.29, 1.82) is 0 Å². The SMILES string of the molecule is Cc1cc(Br)cc(-c2nc3c(C)cccc3[nH]2)c1. The second-order valence-corrected chi connectivity index (χ2v) is 5.49. The van der Waals surface area contributed by atoms with Crippen LogP contribution < -0.4 is 0 Å². The topological polar surface area (TPSA) is 28.7 Å². The minimum absolute atomic E-state index is 0.920. The van der Waals surface area contributed by atoms with Gasteiger partial charge in [-0.15, -0.1) is 0 Å². The molecule has 3 rings (SSSR count). The smallest absolute Gasteiger partial charge is 0.138 e. The molecule has 0 fully saturated rings. The Balaban J connectivity index is 2.22. The zero-order valence-corrected chi connectivity index (χ0v) is 11.9. The molecule has 0 aliphatic heterocycles. The summed E-state index contributed by atoms with van der Waals surface area (Å²) < 4.78 is 1.08. The Bertz CT molecular complexity index is 708. The maximum Gasteiger partial charge on any atom is 0.138 e. The van der Waals surface area contributed by atoms with E-state index in [1.165, 1.54) is 11.1 Å². The summed E-state index contributed by atoms with van der Waals surface area (Å²) in [4.78, 5) is 8.06. The molecule has 0 saturated carbocycles. The summed E-state index contributed by atoms with van der Waals surface area (Å²) in [5.74, 6) is 0.920. The van der Waals surface area contributed by atoms with Crippen molar-refractivity contribution >= 4 is 27.0 Å². The molecule has 0 saturated heterocycles. The van der Waals surface area contributed by atoms with E-state index in [0.717, 1.165) is 26.9 Å². The minimum atomic E-state index is 0.920. The van der Waals surface area contributed by atoms with Gasteiger partial charge in [-0.25, -0.2) is 4.98 Å². The van der Waals surface area contributed by atoms with Gasteiger partial charge in [-0.2, -0.15) is 0 Å². The van der Waals surface area contributed by atoms with Gasteiger partial charge in [-0.1, -0.05) is 28.1 Å². The highest BCUT2D eigenvalue weighted by molar-refractivity contribution is 9.10. The predicted molar refractivity (Wildman–Crippen MR) is 78.7 cm³/mol. The van der Waals surface area contributed by atoms with Gasteiger partial charge in [0.1, 0.15) is 5.82 Å². The molecule has 1 N–H and O–H groups in total. The van der Waals surface area contributed by atoms with Crippen molar-refractivity contribution in [2.45, 2.75) is 13.8 Å². The molecule has 1 aromatic heterocycles. The van der Waals surface area contributed by atoms with Gasteiger partial charge in [0.25, 0.3) is 0 Å². The van der Waals surface area contributed by atoms with E-state index in [-0.39, 0.29) is 0 Å². The van der Waals surface area contributed by atoms with Crippen LogP contribution in [0.5, 0.6) is 0 Å². The Labute approximate surface area is 114 Å². The highest BCUT2D eigenvalue weighted by Gasteiger charge is 2.07. The third-order valence-corrected chi connectivity index (χ3v) is 3.49. The molecule has 0 aliphatic rings. The molecule has 3 heteroatoms. The first kappa shape index (κ1) is 11.5. The number of benzene rings is 2. The second kappa shape index (κ2) is 4.25. The van der Waals surface area contributed by atoms with Gasteiger partial charge in [0.2, 0.25) is 0 Å². The number of aromatic amines is 1. The Morgan fingerprint density at radius 3 is 2.67 bits per heavy atom. The van der Waals surface area contributed by atoms with Crippen LogP contribution in [-0.4, -0.2) is 9.97 Å². The zero-order valence-electron chi connectivity index (χ0n) is 10.3. The standard InChI is InChI=1S/C15H13BrN2/c1-9-6-11(8-12(16)7-9)15-17-13-5-3-4-10(2)14(13)18-15/h3-8H,1-2H3,(H,17,18). The number of aromatic nitrogens is 2. The lowest BCUT2D eigenvalue weighted by Gasteiger charge is -2.00. The number of hydrogen-bond acceptors (Lipinski definition) is 1. The first-order valence-electron chi connectivity index (χ1n) is 5.86. The van der Waals surface area contributed by atoms with Gasteiger partial charge in [-0.05, 0) is 49.2 Å². The Kier molecular flexibility index (Phi) is 2.71. The quantitative estimate of drug-likeness (QED) is 0.698. The van der Waals surface area contributed by atoms with Crippen molar-refractivity contribution < 1.29 is 0 Å². The summed E-state index contributed by atoms with van der Waals surface area (Å²) in [7, 11) is 0. The first-order chi connectivity index (χ1) is 8.63. The van der Waals surface area contributed by atoms with Gasteiger partial charge >= 0.3 is 0 Å². The van der Waals surface area contributed by atoms with Crippen LogP contribution >= 0.6 is 15.9 Å². The first-order valence-corrected chi connectivity index (χ1v) is 6.66. The van der Waals surface area contributed by atoms with Crippen LogP contribution in [0.15, 0.2) is 40.9 Å². The largest absolute Gasteiger partial charge is 0.338 e. The molecule has 2 nitrogen and oxygen atoms in total. The fraction of sp³-hybridized carbons (Fsp3) is 0.133. The molecular weight excluding hydrogens is 288 g/mol. The number of para-hydroxylation sites is 1. The van der Waals surface area contributed by atoms with Crippen LogP contribution in [0.3, 0.4) is 0 Å². The van der Waals surface area contributed by atoms with Crippen molar-refractivity contribution in [3.63, 3.8) is 0 Å². The summed E-state index contributed by atoms with van der Waals surface area (Å²) in [6.45, 7) is 4.17. The molecule has 0 atom stereocenters. The van der Waals surface area contributed by atoms with E-state index in [1.807, 2.05) is 6.07 Å².